The molecule has 1 amide bonds. The average molecular weight is 467 g/mol. The second-order valence-electron chi connectivity index (χ2n) is 8.72. The van der Waals surface area contributed by atoms with E-state index in [0.29, 0.717) is 25.8 Å². The molecule has 1 aliphatic rings. The standard InChI is InChI=1S/C27H31NO4S/c1-19(21-9-11-22(12-10-21)25-14-13-24(33-25)20(2)30)28-17-16-27(15-6-18-29,32-26(28)31)23-7-4-3-5-8-23/h3-5,7-14,19-20,29-30H,6,15-18H2,1-2H3/p+1/t19-,20?,27+/m0/s1. The lowest BCUT2D eigenvalue weighted by Crippen LogP contribution is -2.48. The largest absolute Gasteiger partial charge is 0.439 e. The van der Waals surface area contributed by atoms with Crippen LogP contribution in [0.4, 0.5) is 4.79 Å². The fourth-order valence-corrected chi connectivity index (χ4v) is 5.45. The summed E-state index contributed by atoms with van der Waals surface area (Å²) in [6.07, 6.45) is 1.35. The summed E-state index contributed by atoms with van der Waals surface area (Å²) in [6, 6.07) is 22.2. The minimum atomic E-state index is -0.687. The summed E-state index contributed by atoms with van der Waals surface area (Å²) < 4.78 is 6.10. The van der Waals surface area contributed by atoms with Crippen molar-refractivity contribution >= 4 is 17.4 Å². The Bertz CT molecular complexity index is 1060. The Kier molecular flexibility index (Phi) is 7.17. The second-order valence-corrected chi connectivity index (χ2v) is 9.84. The van der Waals surface area contributed by atoms with E-state index in [1.165, 1.54) is 0 Å². The van der Waals surface area contributed by atoms with Crippen LogP contribution in [-0.4, -0.2) is 34.4 Å². The van der Waals surface area contributed by atoms with Gasteiger partial charge in [0.25, 0.3) is 0 Å². The van der Waals surface area contributed by atoms with E-state index in [0.717, 1.165) is 26.4 Å². The lowest BCUT2D eigenvalue weighted by Gasteiger charge is -2.43. The lowest BCUT2D eigenvalue weighted by molar-refractivity contribution is -0.0680. The van der Waals surface area contributed by atoms with Crippen LogP contribution in [0, 0.1) is 0 Å². The Morgan fingerprint density at radius 2 is 1.82 bits per heavy atom. The van der Waals surface area contributed by atoms with E-state index in [4.69, 9.17) is 9.84 Å². The van der Waals surface area contributed by atoms with Crippen LogP contribution in [0.1, 0.15) is 61.3 Å². The summed E-state index contributed by atoms with van der Waals surface area (Å²) in [5.74, 6) is 0. The number of hydrogen-bond donors (Lipinski definition) is 1. The molecule has 0 saturated carbocycles. The fraction of sp³-hybridized carbons (Fsp3) is 0.370. The van der Waals surface area contributed by atoms with Crippen LogP contribution in [0.3, 0.4) is 0 Å². The van der Waals surface area contributed by atoms with Crippen LogP contribution in [0.5, 0.6) is 0 Å². The van der Waals surface area contributed by atoms with Crippen molar-refractivity contribution in [3.05, 3.63) is 82.7 Å². The zero-order valence-corrected chi connectivity index (χ0v) is 20.0. The van der Waals surface area contributed by atoms with E-state index in [-0.39, 0.29) is 24.8 Å². The van der Waals surface area contributed by atoms with Crippen molar-refractivity contribution in [2.75, 3.05) is 13.2 Å². The molecule has 2 heterocycles. The highest BCUT2D eigenvalue weighted by Crippen LogP contribution is 2.40. The average Bonchev–Trinajstić information content (AvgIpc) is 3.34. The molecule has 5 nitrogen and oxygen atoms in total. The minimum absolute atomic E-state index is 0.0744. The molecule has 0 spiro atoms. The Labute approximate surface area is 199 Å². The third-order valence-electron chi connectivity index (χ3n) is 6.51. The number of rotatable bonds is 8. The molecule has 1 fully saturated rings. The molecule has 4 rings (SSSR count). The Hall–Kier alpha value is -2.67. The zero-order chi connectivity index (χ0) is 23.4. The summed E-state index contributed by atoms with van der Waals surface area (Å²) >= 11 is 1.65. The molecule has 1 saturated heterocycles. The molecule has 0 aliphatic carbocycles. The second kappa shape index (κ2) is 10.1. The fourth-order valence-electron chi connectivity index (χ4n) is 4.50. The topological polar surface area (TPSA) is 72.7 Å². The Balaban J connectivity index is 1.49. The molecule has 1 unspecified atom stereocenters. The number of aliphatic hydroxyl groups excluding tert-OH is 1. The van der Waals surface area contributed by atoms with Gasteiger partial charge < -0.3 is 19.8 Å². The molecule has 6 heteroatoms. The number of carbonyl (C=O) groups excluding carboxylic acids is 1. The van der Waals surface area contributed by atoms with Crippen molar-refractivity contribution in [2.24, 2.45) is 0 Å². The zero-order valence-electron chi connectivity index (χ0n) is 19.2. The number of nitrogens with zero attached hydrogens (tertiary/aromatic N) is 1. The van der Waals surface area contributed by atoms with Gasteiger partial charge in [-0.3, -0.25) is 0 Å². The van der Waals surface area contributed by atoms with Crippen LogP contribution < -0.4 is 0 Å². The smallest absolute Gasteiger partial charge is 0.411 e. The number of thiophene rings is 1. The van der Waals surface area contributed by atoms with Gasteiger partial charge in [-0.1, -0.05) is 54.6 Å². The number of carbonyl (C=O) groups is 1. The third kappa shape index (κ3) is 4.98. The molecule has 33 heavy (non-hydrogen) atoms. The highest BCUT2D eigenvalue weighted by molar-refractivity contribution is 7.15. The van der Waals surface area contributed by atoms with Crippen LogP contribution in [-0.2, 0) is 10.3 Å². The maximum Gasteiger partial charge on any atom is 0.411 e. The highest BCUT2D eigenvalue weighted by atomic mass is 32.1. The van der Waals surface area contributed by atoms with Gasteiger partial charge >= 0.3 is 6.09 Å². The first-order chi connectivity index (χ1) is 15.9. The van der Waals surface area contributed by atoms with Crippen molar-refractivity contribution in [1.82, 2.24) is 4.90 Å². The van der Waals surface area contributed by atoms with Gasteiger partial charge in [-0.2, -0.15) is 0 Å². The molecular weight excluding hydrogens is 434 g/mol. The van der Waals surface area contributed by atoms with Crippen LogP contribution in [0.25, 0.3) is 10.4 Å². The van der Waals surface area contributed by atoms with Gasteiger partial charge in [-0.15, -0.1) is 11.3 Å². The van der Waals surface area contributed by atoms with Crippen molar-refractivity contribution < 1.29 is 19.7 Å². The maximum absolute atomic E-state index is 13.1. The summed E-state index contributed by atoms with van der Waals surface area (Å²) in [5, 5.41) is 17.3. The normalized spacial score (nSPS) is 20.4. The van der Waals surface area contributed by atoms with Crippen molar-refractivity contribution in [3.63, 3.8) is 0 Å². The molecule has 3 aromatic rings. The van der Waals surface area contributed by atoms with Crippen LogP contribution >= 0.6 is 11.3 Å². The molecule has 1 aliphatic heterocycles. The van der Waals surface area contributed by atoms with Gasteiger partial charge in [-0.25, -0.2) is 4.79 Å². The van der Waals surface area contributed by atoms with Crippen LogP contribution in [0.2, 0.25) is 0 Å². The number of amides is 1. The monoisotopic (exact) mass is 466 g/mol. The number of benzene rings is 2. The molecule has 1 aromatic heterocycles. The molecule has 3 N–H and O–H groups in total. The third-order valence-corrected chi connectivity index (χ3v) is 7.83. The lowest BCUT2D eigenvalue weighted by atomic mass is 9.84. The van der Waals surface area contributed by atoms with Gasteiger partial charge in [0, 0.05) is 31.4 Å². The number of ether oxygens (including phenoxy) is 1. The van der Waals surface area contributed by atoms with E-state index < -0.39 is 5.60 Å². The summed E-state index contributed by atoms with van der Waals surface area (Å²) in [6.45, 7) is 4.59. The van der Waals surface area contributed by atoms with E-state index >= 15 is 0 Å². The van der Waals surface area contributed by atoms with Crippen molar-refractivity contribution in [2.45, 2.75) is 50.9 Å². The van der Waals surface area contributed by atoms with E-state index in [9.17, 15) is 9.90 Å². The predicted octanol–water partition coefficient (Wildman–Crippen LogP) is 5.77. The first-order valence-electron chi connectivity index (χ1n) is 11.5. The molecular formula is C27H32NO4S+. The molecule has 174 valence electrons. The summed E-state index contributed by atoms with van der Waals surface area (Å²) in [4.78, 5) is 17.1. The predicted molar refractivity (Wildman–Crippen MR) is 132 cm³/mol. The van der Waals surface area contributed by atoms with Gasteiger partial charge in [0.1, 0.15) is 5.60 Å². The molecule has 3 atom stereocenters. The van der Waals surface area contributed by atoms with Gasteiger partial charge in [-0.05, 0) is 48.6 Å². The van der Waals surface area contributed by atoms with Crippen LogP contribution in [0.15, 0.2) is 66.7 Å². The molecule has 2 aromatic carbocycles. The first kappa shape index (κ1) is 23.5. The number of aliphatic hydroxyl groups is 1. The van der Waals surface area contributed by atoms with E-state index in [1.54, 1.807) is 16.2 Å². The highest BCUT2D eigenvalue weighted by Gasteiger charge is 2.43. The molecule has 0 bridgehead atoms. The number of cyclic esters (lactones) is 1. The minimum Gasteiger partial charge on any atom is -0.439 e. The summed E-state index contributed by atoms with van der Waals surface area (Å²) in [7, 11) is 0. The van der Waals surface area contributed by atoms with E-state index in [1.807, 2.05) is 50.2 Å². The summed E-state index contributed by atoms with van der Waals surface area (Å²) in [5.41, 5.74) is 2.48. The van der Waals surface area contributed by atoms with Gasteiger partial charge in [0.05, 0.1) is 10.9 Å². The maximum atomic E-state index is 13.1. The van der Waals surface area contributed by atoms with E-state index in [2.05, 4.69) is 30.3 Å². The quantitative estimate of drug-likeness (QED) is 0.428. The Morgan fingerprint density at radius 1 is 1.09 bits per heavy atom. The Morgan fingerprint density at radius 3 is 2.42 bits per heavy atom. The van der Waals surface area contributed by atoms with Crippen molar-refractivity contribution in [1.29, 1.82) is 0 Å². The van der Waals surface area contributed by atoms with Crippen molar-refractivity contribution in [3.8, 4) is 10.4 Å². The van der Waals surface area contributed by atoms with Gasteiger partial charge in [0.2, 0.25) is 0 Å². The SMILES string of the molecule is CC([OH2+])c1ccc(-c2ccc([C@H](C)N3CC[C@](CCCO)(c4ccccc4)OC3=O)cc2)s1. The molecule has 0 radical (unpaired) electrons. The number of hydrogen-bond acceptors (Lipinski definition) is 4. The first-order valence-corrected chi connectivity index (χ1v) is 12.3. The van der Waals surface area contributed by atoms with Gasteiger partial charge in [0.15, 0.2) is 6.10 Å².